The van der Waals surface area contributed by atoms with E-state index in [-0.39, 0.29) is 6.61 Å². The Hall–Kier alpha value is -1.14. The van der Waals surface area contributed by atoms with Crippen LogP contribution in [0.15, 0.2) is 11.2 Å². The number of aliphatic hydroxyl groups excluding tert-OH is 1. The van der Waals surface area contributed by atoms with Crippen molar-refractivity contribution in [3.63, 3.8) is 0 Å². The quantitative estimate of drug-likeness (QED) is 0.839. The molecule has 0 spiro atoms. The molecule has 0 aliphatic rings. The number of nitrogens with zero attached hydrogens (tertiary/aromatic N) is 4. The fourth-order valence-electron chi connectivity index (χ4n) is 1.82. The Labute approximate surface area is 111 Å². The fraction of sp³-hybridized carbons (Fsp3) is 0.583. The lowest BCUT2D eigenvalue weighted by Gasteiger charge is -2.05. The SMILES string of the molecule is Cc1cc(C)n2nc(S[C@@H](C)CCCO)nc2n1. The van der Waals surface area contributed by atoms with Gasteiger partial charge in [-0.05, 0) is 32.8 Å². The average molecular weight is 266 g/mol. The van der Waals surface area contributed by atoms with E-state index in [0.29, 0.717) is 11.0 Å². The molecule has 18 heavy (non-hydrogen) atoms. The van der Waals surface area contributed by atoms with E-state index in [2.05, 4.69) is 22.0 Å². The molecule has 5 nitrogen and oxygen atoms in total. The second-order valence-electron chi connectivity index (χ2n) is 4.44. The number of fused-ring (bicyclic) bond motifs is 1. The molecule has 0 fully saturated rings. The zero-order valence-electron chi connectivity index (χ0n) is 10.9. The van der Waals surface area contributed by atoms with Crippen molar-refractivity contribution < 1.29 is 5.11 Å². The molecule has 0 unspecified atom stereocenters. The largest absolute Gasteiger partial charge is 0.396 e. The third-order valence-electron chi connectivity index (χ3n) is 2.67. The van der Waals surface area contributed by atoms with E-state index in [1.807, 2.05) is 19.9 Å². The van der Waals surface area contributed by atoms with E-state index in [4.69, 9.17) is 5.11 Å². The van der Waals surface area contributed by atoms with Crippen molar-refractivity contribution in [2.24, 2.45) is 0 Å². The van der Waals surface area contributed by atoms with Crippen LogP contribution in [0.1, 0.15) is 31.2 Å². The summed E-state index contributed by atoms with van der Waals surface area (Å²) in [6, 6.07) is 1.99. The number of rotatable bonds is 5. The van der Waals surface area contributed by atoms with Gasteiger partial charge in [-0.15, -0.1) is 5.10 Å². The molecule has 98 valence electrons. The van der Waals surface area contributed by atoms with Crippen LogP contribution >= 0.6 is 11.8 Å². The topological polar surface area (TPSA) is 63.3 Å². The maximum atomic E-state index is 8.81. The van der Waals surface area contributed by atoms with Crippen molar-refractivity contribution in [1.29, 1.82) is 0 Å². The van der Waals surface area contributed by atoms with Crippen LogP contribution in [0.25, 0.3) is 5.78 Å². The van der Waals surface area contributed by atoms with Crippen LogP contribution in [0.3, 0.4) is 0 Å². The Morgan fingerprint density at radius 3 is 2.89 bits per heavy atom. The van der Waals surface area contributed by atoms with Crippen LogP contribution in [0.2, 0.25) is 0 Å². The Morgan fingerprint density at radius 1 is 1.39 bits per heavy atom. The number of aryl methyl sites for hydroxylation is 2. The number of aliphatic hydroxyl groups is 1. The second kappa shape index (κ2) is 5.67. The molecule has 1 atom stereocenters. The molecule has 0 aromatic carbocycles. The molecule has 6 heteroatoms. The Morgan fingerprint density at radius 2 is 2.17 bits per heavy atom. The van der Waals surface area contributed by atoms with Crippen molar-refractivity contribution in [2.45, 2.75) is 44.0 Å². The highest BCUT2D eigenvalue weighted by atomic mass is 32.2. The van der Waals surface area contributed by atoms with E-state index < -0.39 is 0 Å². The third-order valence-corrected chi connectivity index (χ3v) is 3.70. The summed E-state index contributed by atoms with van der Waals surface area (Å²) in [5, 5.41) is 14.4. The molecule has 0 radical (unpaired) electrons. The molecule has 0 bridgehead atoms. The molecule has 2 rings (SSSR count). The van der Waals surface area contributed by atoms with E-state index >= 15 is 0 Å². The van der Waals surface area contributed by atoms with Gasteiger partial charge in [0.1, 0.15) is 0 Å². The van der Waals surface area contributed by atoms with Crippen LogP contribution in [0.4, 0.5) is 0 Å². The molecule has 2 heterocycles. The molecule has 0 saturated heterocycles. The molecule has 2 aromatic rings. The average Bonchev–Trinajstić information content (AvgIpc) is 2.69. The summed E-state index contributed by atoms with van der Waals surface area (Å²) in [5.74, 6) is 0.657. The van der Waals surface area contributed by atoms with Gasteiger partial charge in [-0.25, -0.2) is 9.50 Å². The molecule has 0 amide bonds. The maximum Gasteiger partial charge on any atom is 0.253 e. The summed E-state index contributed by atoms with van der Waals surface area (Å²) in [5.41, 5.74) is 2.00. The highest BCUT2D eigenvalue weighted by Crippen LogP contribution is 2.23. The van der Waals surface area contributed by atoms with Gasteiger partial charge in [0.2, 0.25) is 5.16 Å². The van der Waals surface area contributed by atoms with Gasteiger partial charge in [-0.1, -0.05) is 18.7 Å². The van der Waals surface area contributed by atoms with Crippen LogP contribution in [0, 0.1) is 13.8 Å². The van der Waals surface area contributed by atoms with Gasteiger partial charge in [-0.2, -0.15) is 4.98 Å². The first-order valence-electron chi connectivity index (χ1n) is 6.08. The molecule has 1 N–H and O–H groups in total. The van der Waals surface area contributed by atoms with Gasteiger partial charge in [0.15, 0.2) is 0 Å². The van der Waals surface area contributed by atoms with E-state index in [1.54, 1.807) is 16.3 Å². The van der Waals surface area contributed by atoms with E-state index in [9.17, 15) is 0 Å². The van der Waals surface area contributed by atoms with Crippen LogP contribution < -0.4 is 0 Å². The van der Waals surface area contributed by atoms with Crippen LogP contribution in [0.5, 0.6) is 0 Å². The molecule has 0 saturated carbocycles. The third kappa shape index (κ3) is 3.00. The number of hydrogen-bond donors (Lipinski definition) is 1. The summed E-state index contributed by atoms with van der Waals surface area (Å²) in [6.07, 6.45) is 1.78. The first kappa shape index (κ1) is 13.3. The van der Waals surface area contributed by atoms with Gasteiger partial charge in [-0.3, -0.25) is 0 Å². The van der Waals surface area contributed by atoms with Crippen LogP contribution in [-0.2, 0) is 0 Å². The van der Waals surface area contributed by atoms with Gasteiger partial charge in [0, 0.05) is 23.2 Å². The molecule has 2 aromatic heterocycles. The van der Waals surface area contributed by atoms with Gasteiger partial charge < -0.3 is 5.11 Å². The van der Waals surface area contributed by atoms with E-state index in [0.717, 1.165) is 29.4 Å². The second-order valence-corrected chi connectivity index (χ2v) is 5.84. The van der Waals surface area contributed by atoms with E-state index in [1.165, 1.54) is 0 Å². The fourth-order valence-corrected chi connectivity index (χ4v) is 2.72. The first-order chi connectivity index (χ1) is 8.60. The van der Waals surface area contributed by atoms with Crippen molar-refractivity contribution in [2.75, 3.05) is 6.61 Å². The Bertz CT molecular complexity index is 540. The lowest BCUT2D eigenvalue weighted by Crippen LogP contribution is -1.99. The van der Waals surface area contributed by atoms with Crippen molar-refractivity contribution in [3.8, 4) is 0 Å². The highest BCUT2D eigenvalue weighted by molar-refractivity contribution is 7.99. The summed E-state index contributed by atoms with van der Waals surface area (Å²) in [4.78, 5) is 8.79. The van der Waals surface area contributed by atoms with Gasteiger partial charge in [0.05, 0.1) is 0 Å². The zero-order chi connectivity index (χ0) is 13.1. The Kier molecular flexibility index (Phi) is 4.19. The Balaban J connectivity index is 2.17. The molecular formula is C12H18N4OS. The summed E-state index contributed by atoms with van der Waals surface area (Å²) < 4.78 is 1.77. The minimum atomic E-state index is 0.239. The minimum Gasteiger partial charge on any atom is -0.396 e. The smallest absolute Gasteiger partial charge is 0.253 e. The number of aromatic nitrogens is 4. The monoisotopic (exact) mass is 266 g/mol. The van der Waals surface area contributed by atoms with Crippen LogP contribution in [-0.4, -0.2) is 36.5 Å². The zero-order valence-corrected chi connectivity index (χ0v) is 11.7. The summed E-state index contributed by atoms with van der Waals surface area (Å²) >= 11 is 1.63. The van der Waals surface area contributed by atoms with Gasteiger partial charge >= 0.3 is 0 Å². The van der Waals surface area contributed by atoms with Gasteiger partial charge in [0.25, 0.3) is 5.78 Å². The summed E-state index contributed by atoms with van der Waals surface area (Å²) in [7, 11) is 0. The predicted octanol–water partition coefficient (Wildman–Crippen LogP) is 1.99. The minimum absolute atomic E-state index is 0.239. The van der Waals surface area contributed by atoms with Crippen molar-refractivity contribution in [1.82, 2.24) is 19.6 Å². The summed E-state index contributed by atoms with van der Waals surface area (Å²) in [6.45, 7) is 6.32. The lowest BCUT2D eigenvalue weighted by molar-refractivity contribution is 0.284. The van der Waals surface area contributed by atoms with Crippen molar-refractivity contribution in [3.05, 3.63) is 17.5 Å². The normalized spacial score (nSPS) is 13.1. The standard InChI is InChI=1S/C12H18N4OS/c1-8-7-9(2)16-11(13-8)14-12(15-16)18-10(3)5-4-6-17/h7,10,17H,4-6H2,1-3H3/t10-/m0/s1. The molecule has 0 aliphatic heterocycles. The lowest BCUT2D eigenvalue weighted by atomic mass is 10.3. The number of thioether (sulfide) groups is 1. The van der Waals surface area contributed by atoms with Crippen molar-refractivity contribution >= 4 is 17.5 Å². The first-order valence-corrected chi connectivity index (χ1v) is 6.96. The predicted molar refractivity (Wildman–Crippen MR) is 71.9 cm³/mol. The molecular weight excluding hydrogens is 248 g/mol. The maximum absolute atomic E-state index is 8.81. The highest BCUT2D eigenvalue weighted by Gasteiger charge is 2.11. The number of hydrogen-bond acceptors (Lipinski definition) is 5. The molecule has 0 aliphatic carbocycles.